The molecule has 5 nitrogen and oxygen atoms in total. The van der Waals surface area contributed by atoms with E-state index < -0.39 is 0 Å². The van der Waals surface area contributed by atoms with Gasteiger partial charge in [-0.15, -0.1) is 11.3 Å². The van der Waals surface area contributed by atoms with Crippen LogP contribution in [0.4, 0.5) is 5.69 Å². The average molecular weight is 498 g/mol. The number of allylic oxidation sites excluding steroid dienone is 1. The molecule has 0 saturated carbocycles. The summed E-state index contributed by atoms with van der Waals surface area (Å²) in [5.41, 5.74) is 3.74. The molecule has 0 fully saturated rings. The highest BCUT2D eigenvalue weighted by Crippen LogP contribution is 2.29. The van der Waals surface area contributed by atoms with Crippen LogP contribution < -0.4 is 14.8 Å². The Morgan fingerprint density at radius 2 is 1.69 bits per heavy atom. The summed E-state index contributed by atoms with van der Waals surface area (Å²) in [6.07, 6.45) is 4.11. The largest absolute Gasteiger partial charge is 0.493 e. The third kappa shape index (κ3) is 6.71. The number of carbonyl (C=O) groups is 2. The molecule has 1 amide bonds. The summed E-state index contributed by atoms with van der Waals surface area (Å²) in [5.74, 6) is 0.620. The van der Waals surface area contributed by atoms with Crippen LogP contribution >= 0.6 is 11.3 Å². The highest BCUT2D eigenvalue weighted by atomic mass is 32.1. The first-order chi connectivity index (χ1) is 17.5. The standard InChI is InChI=1S/C30H27NO4S/c1-21-8-6-7-11-25(21)31-30(33)20-35-27-16-13-23(19-28(27)34-2)12-15-26(32)29-17-14-24(36-29)18-22-9-4-3-5-10-22/h3-17,19H,18,20H2,1-2H3,(H,31,33)/b15-12+. The summed E-state index contributed by atoms with van der Waals surface area (Å²) < 4.78 is 11.1. The van der Waals surface area contributed by atoms with Crippen LogP contribution in [-0.4, -0.2) is 25.4 Å². The zero-order chi connectivity index (χ0) is 25.3. The lowest BCUT2D eigenvalue weighted by Crippen LogP contribution is -2.20. The number of aryl methyl sites for hydroxylation is 1. The fourth-order valence-corrected chi connectivity index (χ4v) is 4.57. The van der Waals surface area contributed by atoms with Crippen molar-refractivity contribution in [1.29, 1.82) is 0 Å². The number of benzene rings is 3. The molecule has 4 aromatic rings. The summed E-state index contributed by atoms with van der Waals surface area (Å²) in [7, 11) is 1.54. The second-order valence-electron chi connectivity index (χ2n) is 8.19. The van der Waals surface area contributed by atoms with Crippen molar-refractivity contribution in [2.24, 2.45) is 0 Å². The lowest BCUT2D eigenvalue weighted by molar-refractivity contribution is -0.118. The van der Waals surface area contributed by atoms with Crippen LogP contribution in [0.5, 0.6) is 11.5 Å². The van der Waals surface area contributed by atoms with Crippen LogP contribution in [0.2, 0.25) is 0 Å². The molecule has 182 valence electrons. The SMILES string of the molecule is COc1cc(/C=C/C(=O)c2ccc(Cc3ccccc3)s2)ccc1OCC(=O)Nc1ccccc1C. The van der Waals surface area contributed by atoms with Gasteiger partial charge in [0.15, 0.2) is 23.9 Å². The van der Waals surface area contributed by atoms with Crippen LogP contribution in [0.1, 0.15) is 31.2 Å². The number of rotatable bonds is 10. The van der Waals surface area contributed by atoms with Gasteiger partial charge in [0.25, 0.3) is 5.91 Å². The number of carbonyl (C=O) groups excluding carboxylic acids is 2. The van der Waals surface area contributed by atoms with Crippen molar-refractivity contribution in [3.8, 4) is 11.5 Å². The lowest BCUT2D eigenvalue weighted by atomic mass is 10.1. The minimum absolute atomic E-state index is 0.0496. The molecular formula is C30H27NO4S. The normalized spacial score (nSPS) is 10.8. The van der Waals surface area contributed by atoms with E-state index in [1.54, 1.807) is 24.3 Å². The Morgan fingerprint density at radius 1 is 0.917 bits per heavy atom. The number of ketones is 1. The number of anilines is 1. The Hall–Kier alpha value is -4.16. The predicted molar refractivity (Wildman–Crippen MR) is 145 cm³/mol. The fourth-order valence-electron chi connectivity index (χ4n) is 3.61. The molecule has 3 aromatic carbocycles. The molecule has 0 aliphatic heterocycles. The van der Waals surface area contributed by atoms with E-state index in [4.69, 9.17) is 9.47 Å². The van der Waals surface area contributed by atoms with Gasteiger partial charge in [-0.1, -0.05) is 60.7 Å². The minimum atomic E-state index is -0.261. The number of methoxy groups -OCH3 is 1. The van der Waals surface area contributed by atoms with Gasteiger partial charge >= 0.3 is 0 Å². The molecule has 0 radical (unpaired) electrons. The van der Waals surface area contributed by atoms with Crippen molar-refractivity contribution in [2.45, 2.75) is 13.3 Å². The third-order valence-electron chi connectivity index (χ3n) is 5.52. The Labute approximate surface area is 215 Å². The summed E-state index contributed by atoms with van der Waals surface area (Å²) in [6.45, 7) is 1.78. The van der Waals surface area contributed by atoms with E-state index in [-0.39, 0.29) is 18.3 Å². The molecule has 0 spiro atoms. The molecule has 6 heteroatoms. The van der Waals surface area contributed by atoms with Crippen molar-refractivity contribution in [1.82, 2.24) is 0 Å². The number of hydrogen-bond acceptors (Lipinski definition) is 5. The maximum Gasteiger partial charge on any atom is 0.262 e. The predicted octanol–water partition coefficient (Wildman–Crippen LogP) is 6.57. The van der Waals surface area contributed by atoms with Gasteiger partial charge in [-0.05, 0) is 60.0 Å². The van der Waals surface area contributed by atoms with E-state index in [1.165, 1.54) is 24.0 Å². The number of hydrogen-bond donors (Lipinski definition) is 1. The van der Waals surface area contributed by atoms with Gasteiger partial charge in [0.2, 0.25) is 0 Å². The maximum absolute atomic E-state index is 12.7. The highest BCUT2D eigenvalue weighted by molar-refractivity contribution is 7.14. The van der Waals surface area contributed by atoms with E-state index in [1.807, 2.05) is 67.6 Å². The van der Waals surface area contributed by atoms with Gasteiger partial charge in [-0.2, -0.15) is 0 Å². The van der Waals surface area contributed by atoms with Gasteiger partial charge in [-0.3, -0.25) is 9.59 Å². The molecule has 4 rings (SSSR count). The molecule has 0 aliphatic rings. The molecule has 0 bridgehead atoms. The second kappa shape index (κ2) is 12.0. The van der Waals surface area contributed by atoms with Crippen molar-refractivity contribution in [3.05, 3.63) is 117 Å². The maximum atomic E-state index is 12.7. The van der Waals surface area contributed by atoms with Gasteiger partial charge in [-0.25, -0.2) is 0 Å². The molecule has 1 aromatic heterocycles. The van der Waals surface area contributed by atoms with E-state index in [0.717, 1.165) is 28.1 Å². The number of amides is 1. The van der Waals surface area contributed by atoms with Crippen LogP contribution in [0.3, 0.4) is 0 Å². The highest BCUT2D eigenvalue weighted by Gasteiger charge is 2.11. The Kier molecular flexibility index (Phi) is 8.32. The summed E-state index contributed by atoms with van der Waals surface area (Å²) >= 11 is 1.51. The van der Waals surface area contributed by atoms with Gasteiger partial charge < -0.3 is 14.8 Å². The van der Waals surface area contributed by atoms with Gasteiger partial charge in [0.05, 0.1) is 12.0 Å². The molecule has 1 N–H and O–H groups in total. The topological polar surface area (TPSA) is 64.6 Å². The molecule has 0 atom stereocenters. The molecule has 0 saturated heterocycles. The van der Waals surface area contributed by atoms with E-state index in [9.17, 15) is 9.59 Å². The van der Waals surface area contributed by atoms with Crippen LogP contribution in [0.15, 0.2) is 91.0 Å². The zero-order valence-electron chi connectivity index (χ0n) is 20.2. The average Bonchev–Trinajstić information content (AvgIpc) is 3.36. The Balaban J connectivity index is 1.35. The van der Waals surface area contributed by atoms with Gasteiger partial charge in [0, 0.05) is 17.0 Å². The Morgan fingerprint density at radius 3 is 2.47 bits per heavy atom. The first-order valence-electron chi connectivity index (χ1n) is 11.5. The van der Waals surface area contributed by atoms with Crippen molar-refractivity contribution in [2.75, 3.05) is 19.0 Å². The summed E-state index contributed by atoms with van der Waals surface area (Å²) in [4.78, 5) is 26.8. The Bertz CT molecular complexity index is 1370. The molecule has 0 unspecified atom stereocenters. The summed E-state index contributed by atoms with van der Waals surface area (Å²) in [5, 5.41) is 2.84. The van der Waals surface area contributed by atoms with Crippen LogP contribution in [0.25, 0.3) is 6.08 Å². The molecular weight excluding hydrogens is 470 g/mol. The van der Waals surface area contributed by atoms with E-state index in [0.29, 0.717) is 16.4 Å². The number of thiophene rings is 1. The fraction of sp³-hybridized carbons (Fsp3) is 0.133. The van der Waals surface area contributed by atoms with Crippen LogP contribution in [-0.2, 0) is 11.2 Å². The third-order valence-corrected chi connectivity index (χ3v) is 6.62. The van der Waals surface area contributed by atoms with Crippen molar-refractivity contribution >= 4 is 34.8 Å². The number of ether oxygens (including phenoxy) is 2. The minimum Gasteiger partial charge on any atom is -0.493 e. The molecule has 0 aliphatic carbocycles. The van der Waals surface area contributed by atoms with E-state index in [2.05, 4.69) is 17.4 Å². The quantitative estimate of drug-likeness (QED) is 0.199. The first-order valence-corrected chi connectivity index (χ1v) is 12.3. The summed E-state index contributed by atoms with van der Waals surface area (Å²) in [6, 6.07) is 26.9. The lowest BCUT2D eigenvalue weighted by Gasteiger charge is -2.12. The van der Waals surface area contributed by atoms with Crippen molar-refractivity contribution < 1.29 is 19.1 Å². The smallest absolute Gasteiger partial charge is 0.262 e. The van der Waals surface area contributed by atoms with E-state index >= 15 is 0 Å². The molecule has 1 heterocycles. The monoisotopic (exact) mass is 497 g/mol. The zero-order valence-corrected chi connectivity index (χ0v) is 21.0. The molecule has 36 heavy (non-hydrogen) atoms. The second-order valence-corrected chi connectivity index (χ2v) is 9.36. The van der Waals surface area contributed by atoms with Gasteiger partial charge in [0.1, 0.15) is 0 Å². The van der Waals surface area contributed by atoms with Crippen molar-refractivity contribution in [3.63, 3.8) is 0 Å². The number of para-hydroxylation sites is 1. The first kappa shape index (κ1) is 24.9. The van der Waals surface area contributed by atoms with Crippen LogP contribution in [0, 0.1) is 6.92 Å². The number of nitrogens with one attached hydrogen (secondary N) is 1.